The maximum absolute atomic E-state index is 2.55. The van der Waals surface area contributed by atoms with Gasteiger partial charge >= 0.3 is 0 Å². The highest BCUT2D eigenvalue weighted by molar-refractivity contribution is 6.63. The molecule has 0 fully saturated rings. The second-order valence-corrected chi connectivity index (χ2v) is 15.5. The summed E-state index contributed by atoms with van der Waals surface area (Å²) in [7, 11) is 0. The molecule has 140 valence electrons. The third kappa shape index (κ3) is 21.2. The van der Waals surface area contributed by atoms with Crippen LogP contribution >= 0.6 is 0 Å². The molecule has 0 aromatic heterocycles. The standard InChI is InChI=1S/C10H24B2.2C3H7.C2H4.2CH3.2Al/c1-5-7-11(3)9-10-12(4)8-6-2;2*1-3-2;1-2;;;;/h5-10H2,1-4H3;2*1,3H2,2H3;1-2H2;2*1H3;;. The highest BCUT2D eigenvalue weighted by Crippen LogP contribution is 2.12. The van der Waals surface area contributed by atoms with Crippen LogP contribution in [0.3, 0.4) is 0 Å². The molecule has 0 amide bonds. The summed E-state index contributed by atoms with van der Waals surface area (Å²) in [6.45, 7) is 15.9. The number of hydrogen-bond acceptors (Lipinski definition) is 0. The van der Waals surface area contributed by atoms with Crippen molar-refractivity contribution in [3.8, 4) is 0 Å². The first-order valence-corrected chi connectivity index (χ1v) is 17.0. The zero-order chi connectivity index (χ0) is 18.8. The molecule has 0 aliphatic heterocycles. The van der Waals surface area contributed by atoms with E-state index in [0.717, 1.165) is 13.4 Å². The Kier molecular flexibility index (Phi) is 23.4. The van der Waals surface area contributed by atoms with Crippen molar-refractivity contribution in [1.29, 1.82) is 0 Å². The molecule has 0 saturated heterocycles. The smallest absolute Gasteiger partial charge is 0.106 e. The fourth-order valence-corrected chi connectivity index (χ4v) is 10.8. The molecule has 0 saturated carbocycles. The van der Waals surface area contributed by atoms with Crippen LogP contribution < -0.4 is 0 Å². The van der Waals surface area contributed by atoms with Gasteiger partial charge in [-0.3, -0.25) is 0 Å². The van der Waals surface area contributed by atoms with E-state index in [4.69, 9.17) is 0 Å². The minimum Gasteiger partial charge on any atom is -0.106 e. The largest absolute Gasteiger partial charge is 0.257 e. The predicted octanol–water partition coefficient (Wildman–Crippen LogP) is 8.11. The van der Waals surface area contributed by atoms with Crippen LogP contribution in [0.4, 0.5) is 0 Å². The second kappa shape index (κ2) is 20.5. The van der Waals surface area contributed by atoms with Gasteiger partial charge in [0.2, 0.25) is 0 Å². The summed E-state index contributed by atoms with van der Waals surface area (Å²) in [4.78, 5) is 0. The van der Waals surface area contributed by atoms with E-state index in [2.05, 4.69) is 52.9 Å². The molecule has 0 aromatic rings. The molecule has 4 heteroatoms. The lowest BCUT2D eigenvalue weighted by molar-refractivity contribution is 1.04. The zero-order valence-corrected chi connectivity index (χ0v) is 21.1. The number of rotatable bonds is 14. The first kappa shape index (κ1) is 27.4. The van der Waals surface area contributed by atoms with Gasteiger partial charge in [-0.25, -0.2) is 0 Å². The quantitative estimate of drug-likeness (QED) is 0.273. The van der Waals surface area contributed by atoms with Gasteiger partial charge in [0.1, 0.15) is 13.4 Å². The molecule has 0 radical (unpaired) electrons. The maximum Gasteiger partial charge on any atom is 0.257 e. The van der Waals surface area contributed by atoms with Crippen molar-refractivity contribution in [1.82, 2.24) is 0 Å². The van der Waals surface area contributed by atoms with Crippen LogP contribution in [0, 0.1) is 0 Å². The second-order valence-electron chi connectivity index (χ2n) is 8.73. The molecule has 0 atom stereocenters. The summed E-state index contributed by atoms with van der Waals surface area (Å²) in [6, 6.07) is 0. The van der Waals surface area contributed by atoms with Crippen molar-refractivity contribution >= 4 is 41.7 Å². The molecular weight excluding hydrogens is 316 g/mol. The van der Waals surface area contributed by atoms with E-state index in [-0.39, 0.29) is 28.3 Å². The lowest BCUT2D eigenvalue weighted by Crippen LogP contribution is -2.12. The van der Waals surface area contributed by atoms with E-state index in [1.54, 1.807) is 21.1 Å². The lowest BCUT2D eigenvalue weighted by atomic mass is 9.37. The zero-order valence-electron chi connectivity index (χ0n) is 18.8. The molecular formula is C20H48Al2B2. The molecule has 0 bridgehead atoms. The normalized spacial score (nSPS) is 10.0. The Morgan fingerprint density at radius 3 is 1.08 bits per heavy atom. The Balaban J connectivity index is 0. The summed E-state index contributed by atoms with van der Waals surface area (Å²) in [5, 5.41) is 6.43. The van der Waals surface area contributed by atoms with Crippen LogP contribution in [-0.2, 0) is 0 Å². The predicted molar refractivity (Wildman–Crippen MR) is 126 cm³/mol. The van der Waals surface area contributed by atoms with Crippen molar-refractivity contribution < 1.29 is 0 Å². The third-order valence-corrected chi connectivity index (χ3v) is 11.9. The van der Waals surface area contributed by atoms with E-state index in [1.807, 2.05) is 0 Å². The average Bonchev–Trinajstić information content (AvgIpc) is 2.53. The summed E-state index contributed by atoms with van der Waals surface area (Å²) >= 11 is -0.497. The topological polar surface area (TPSA) is 0 Å². The van der Waals surface area contributed by atoms with Gasteiger partial charge in [-0.15, -0.1) is 22.1 Å². The van der Waals surface area contributed by atoms with Gasteiger partial charge in [0.05, 0.1) is 0 Å². The fraction of sp³-hybridized carbons (Fsp3) is 1.00. The summed E-state index contributed by atoms with van der Waals surface area (Å²) in [6.07, 6.45) is 11.3. The minimum atomic E-state index is -0.249. The fourth-order valence-electron chi connectivity index (χ4n) is 3.69. The first-order valence-electron chi connectivity index (χ1n) is 11.4. The molecule has 0 spiro atoms. The van der Waals surface area contributed by atoms with Crippen molar-refractivity contribution in [2.75, 3.05) is 0 Å². The monoisotopic (exact) mass is 364 g/mol. The van der Waals surface area contributed by atoms with E-state index >= 15 is 0 Å². The van der Waals surface area contributed by atoms with Gasteiger partial charge in [-0.05, 0) is 0 Å². The maximum atomic E-state index is 2.55. The Labute approximate surface area is 166 Å². The average molecular weight is 364 g/mol. The summed E-state index contributed by atoms with van der Waals surface area (Å²) < 4.78 is 0. The van der Waals surface area contributed by atoms with E-state index in [0.29, 0.717) is 0 Å². The molecule has 0 heterocycles. The van der Waals surface area contributed by atoms with Crippen LogP contribution in [0.1, 0.15) is 53.4 Å². The Hall–Kier alpha value is 1.19. The number of hydrogen-bond donors (Lipinski definition) is 0. The molecule has 24 heavy (non-hydrogen) atoms. The highest BCUT2D eigenvalue weighted by atomic mass is 27.2. The molecule has 0 aromatic carbocycles. The minimum absolute atomic E-state index is 0.249. The van der Waals surface area contributed by atoms with Gasteiger partial charge in [0, 0.05) is 0 Å². The van der Waals surface area contributed by atoms with E-state index in [1.165, 1.54) is 51.0 Å². The Morgan fingerprint density at radius 2 is 0.833 bits per heavy atom. The van der Waals surface area contributed by atoms with Gasteiger partial charge in [0.15, 0.2) is 0 Å². The van der Waals surface area contributed by atoms with Gasteiger partial charge in [-0.2, -0.15) is 0 Å². The van der Waals surface area contributed by atoms with E-state index in [9.17, 15) is 0 Å². The van der Waals surface area contributed by atoms with E-state index < -0.39 is 0 Å². The third-order valence-electron chi connectivity index (χ3n) is 5.43. The van der Waals surface area contributed by atoms with Crippen LogP contribution in [0.25, 0.3) is 0 Å². The molecule has 0 unspecified atom stereocenters. The summed E-state index contributed by atoms with van der Waals surface area (Å²) in [5.74, 6) is 5.10. The van der Waals surface area contributed by atoms with Crippen LogP contribution in [-0.4, -0.2) is 41.7 Å². The SMILES string of the molecule is CCCB(C)CCB(C)CCC.CC[CH2][Al]([CH3])[CH2][CH2][Al]([CH3])[CH2]CC. The van der Waals surface area contributed by atoms with Gasteiger partial charge in [0.25, 0.3) is 28.3 Å². The van der Waals surface area contributed by atoms with Crippen molar-refractivity contribution in [2.24, 2.45) is 0 Å². The van der Waals surface area contributed by atoms with Crippen molar-refractivity contribution in [2.45, 2.75) is 125 Å². The van der Waals surface area contributed by atoms with Crippen LogP contribution in [0.2, 0.25) is 71.6 Å². The lowest BCUT2D eigenvalue weighted by Gasteiger charge is -2.09. The molecule has 0 aliphatic carbocycles. The van der Waals surface area contributed by atoms with Gasteiger partial charge in [-0.1, -0.05) is 103 Å². The highest BCUT2D eigenvalue weighted by Gasteiger charge is 2.13. The Morgan fingerprint density at radius 1 is 0.500 bits per heavy atom. The summed E-state index contributed by atoms with van der Waals surface area (Å²) in [5.41, 5.74) is 0. The van der Waals surface area contributed by atoms with Crippen molar-refractivity contribution in [3.05, 3.63) is 0 Å². The van der Waals surface area contributed by atoms with Crippen LogP contribution in [0.5, 0.6) is 0 Å². The molecule has 0 nitrogen and oxygen atoms in total. The van der Waals surface area contributed by atoms with Crippen LogP contribution in [0.15, 0.2) is 0 Å². The molecule has 0 N–H and O–H groups in total. The Bertz CT molecular complexity index is 192. The molecule has 0 rings (SSSR count). The molecule has 0 aliphatic rings. The van der Waals surface area contributed by atoms with Gasteiger partial charge < -0.3 is 0 Å². The van der Waals surface area contributed by atoms with Crippen molar-refractivity contribution in [3.63, 3.8) is 0 Å². The first-order chi connectivity index (χ1) is 11.4.